The van der Waals surface area contributed by atoms with E-state index in [2.05, 4.69) is 45.1 Å². The average molecular weight is 223 g/mol. The third-order valence-electron chi connectivity index (χ3n) is 2.86. The van der Waals surface area contributed by atoms with E-state index in [1.54, 1.807) is 0 Å². The van der Waals surface area contributed by atoms with Crippen molar-refractivity contribution in [3.63, 3.8) is 0 Å². The molecule has 0 aliphatic heterocycles. The summed E-state index contributed by atoms with van der Waals surface area (Å²) in [6, 6.07) is 4.59. The number of furan rings is 1. The monoisotopic (exact) mass is 223 g/mol. The van der Waals surface area contributed by atoms with Gasteiger partial charge in [-0.2, -0.15) is 0 Å². The second kappa shape index (κ2) is 6.74. The molecule has 0 saturated heterocycles. The summed E-state index contributed by atoms with van der Waals surface area (Å²) < 4.78 is 5.82. The molecule has 0 saturated carbocycles. The zero-order chi connectivity index (χ0) is 12.0. The fourth-order valence-electron chi connectivity index (χ4n) is 1.86. The van der Waals surface area contributed by atoms with Crippen molar-refractivity contribution in [3.05, 3.63) is 23.7 Å². The van der Waals surface area contributed by atoms with Crippen molar-refractivity contribution in [1.82, 2.24) is 5.32 Å². The van der Waals surface area contributed by atoms with Gasteiger partial charge in [0.2, 0.25) is 0 Å². The smallest absolute Gasteiger partial charge is 0.121 e. The van der Waals surface area contributed by atoms with Crippen molar-refractivity contribution in [1.29, 1.82) is 0 Å². The maximum atomic E-state index is 5.82. The van der Waals surface area contributed by atoms with Gasteiger partial charge in [-0.3, -0.25) is 0 Å². The summed E-state index contributed by atoms with van der Waals surface area (Å²) in [5.74, 6) is 2.93. The lowest BCUT2D eigenvalue weighted by Gasteiger charge is -2.16. The Morgan fingerprint density at radius 1 is 1.19 bits per heavy atom. The summed E-state index contributed by atoms with van der Waals surface area (Å²) in [5, 5.41) is 3.50. The normalized spacial score (nSPS) is 13.3. The first kappa shape index (κ1) is 13.3. The SMILES string of the molecule is CCNC(CCC(C)C)c1ccc(CC)o1. The highest BCUT2D eigenvalue weighted by Gasteiger charge is 2.14. The molecule has 0 bridgehead atoms. The standard InChI is InChI=1S/C14H25NO/c1-5-12-8-10-14(16-12)13(15-6-2)9-7-11(3)4/h8,10-11,13,15H,5-7,9H2,1-4H3. The molecule has 2 heteroatoms. The molecule has 0 aliphatic rings. The average Bonchev–Trinajstić information content (AvgIpc) is 2.72. The Hall–Kier alpha value is -0.760. The molecular formula is C14H25NO. The molecule has 1 atom stereocenters. The summed E-state index contributed by atoms with van der Waals surface area (Å²) in [5.41, 5.74) is 0. The van der Waals surface area contributed by atoms with Gasteiger partial charge in [0, 0.05) is 6.42 Å². The van der Waals surface area contributed by atoms with Crippen molar-refractivity contribution in [2.75, 3.05) is 6.54 Å². The highest BCUT2D eigenvalue weighted by molar-refractivity contribution is 5.10. The van der Waals surface area contributed by atoms with Gasteiger partial charge < -0.3 is 9.73 Å². The zero-order valence-electron chi connectivity index (χ0n) is 11.0. The molecule has 1 N–H and O–H groups in total. The van der Waals surface area contributed by atoms with Gasteiger partial charge in [-0.25, -0.2) is 0 Å². The Morgan fingerprint density at radius 3 is 2.44 bits per heavy atom. The Balaban J connectivity index is 2.60. The van der Waals surface area contributed by atoms with Gasteiger partial charge in [-0.05, 0) is 37.4 Å². The van der Waals surface area contributed by atoms with Crippen LogP contribution in [0.1, 0.15) is 58.1 Å². The predicted octanol–water partition coefficient (Wildman–Crippen LogP) is 3.93. The second-order valence-corrected chi connectivity index (χ2v) is 4.74. The van der Waals surface area contributed by atoms with Gasteiger partial charge >= 0.3 is 0 Å². The quantitative estimate of drug-likeness (QED) is 0.757. The van der Waals surface area contributed by atoms with Crippen molar-refractivity contribution >= 4 is 0 Å². The van der Waals surface area contributed by atoms with Crippen LogP contribution in [0.5, 0.6) is 0 Å². The van der Waals surface area contributed by atoms with E-state index in [0.717, 1.165) is 36.8 Å². The van der Waals surface area contributed by atoms with Crippen molar-refractivity contribution in [2.24, 2.45) is 5.92 Å². The highest BCUT2D eigenvalue weighted by atomic mass is 16.3. The Morgan fingerprint density at radius 2 is 1.94 bits per heavy atom. The Bertz CT molecular complexity index is 291. The molecule has 1 aromatic rings. The van der Waals surface area contributed by atoms with E-state index in [-0.39, 0.29) is 0 Å². The van der Waals surface area contributed by atoms with Crippen LogP contribution in [0.3, 0.4) is 0 Å². The minimum absolute atomic E-state index is 0.382. The first-order valence-corrected chi connectivity index (χ1v) is 6.49. The van der Waals surface area contributed by atoms with Gasteiger partial charge in [-0.15, -0.1) is 0 Å². The summed E-state index contributed by atoms with van der Waals surface area (Å²) in [4.78, 5) is 0. The first-order valence-electron chi connectivity index (χ1n) is 6.49. The fourth-order valence-corrected chi connectivity index (χ4v) is 1.86. The lowest BCUT2D eigenvalue weighted by molar-refractivity contribution is 0.364. The zero-order valence-corrected chi connectivity index (χ0v) is 11.0. The van der Waals surface area contributed by atoms with E-state index < -0.39 is 0 Å². The van der Waals surface area contributed by atoms with Crippen LogP contribution in [0.4, 0.5) is 0 Å². The van der Waals surface area contributed by atoms with Gasteiger partial charge in [0.15, 0.2) is 0 Å². The van der Waals surface area contributed by atoms with Crippen LogP contribution in [0.15, 0.2) is 16.5 Å². The molecule has 0 spiro atoms. The van der Waals surface area contributed by atoms with Crippen LogP contribution >= 0.6 is 0 Å². The summed E-state index contributed by atoms with van der Waals surface area (Å²) >= 11 is 0. The van der Waals surface area contributed by atoms with Crippen LogP contribution in [0.25, 0.3) is 0 Å². The molecule has 16 heavy (non-hydrogen) atoms. The van der Waals surface area contributed by atoms with E-state index in [9.17, 15) is 0 Å². The summed E-state index contributed by atoms with van der Waals surface area (Å²) in [7, 11) is 0. The molecule has 0 amide bonds. The van der Waals surface area contributed by atoms with E-state index >= 15 is 0 Å². The molecule has 0 aromatic carbocycles. The molecule has 92 valence electrons. The van der Waals surface area contributed by atoms with Crippen LogP contribution in [0, 0.1) is 5.92 Å². The van der Waals surface area contributed by atoms with E-state index in [4.69, 9.17) is 4.42 Å². The Labute approximate surface area is 99.4 Å². The largest absolute Gasteiger partial charge is 0.464 e. The van der Waals surface area contributed by atoms with Gasteiger partial charge in [0.05, 0.1) is 6.04 Å². The molecule has 1 heterocycles. The van der Waals surface area contributed by atoms with Crippen molar-refractivity contribution < 1.29 is 4.42 Å². The number of hydrogen-bond donors (Lipinski definition) is 1. The van der Waals surface area contributed by atoms with E-state index in [0.29, 0.717) is 6.04 Å². The highest BCUT2D eigenvalue weighted by Crippen LogP contribution is 2.23. The first-order chi connectivity index (χ1) is 7.67. The molecule has 0 aliphatic carbocycles. The molecule has 2 nitrogen and oxygen atoms in total. The maximum absolute atomic E-state index is 5.82. The summed E-state index contributed by atoms with van der Waals surface area (Å²) in [6.45, 7) is 9.79. The number of nitrogens with one attached hydrogen (secondary N) is 1. The van der Waals surface area contributed by atoms with Crippen LogP contribution < -0.4 is 5.32 Å². The van der Waals surface area contributed by atoms with Crippen molar-refractivity contribution in [3.8, 4) is 0 Å². The van der Waals surface area contributed by atoms with Gasteiger partial charge in [0.1, 0.15) is 11.5 Å². The van der Waals surface area contributed by atoms with E-state index in [1.165, 1.54) is 6.42 Å². The van der Waals surface area contributed by atoms with E-state index in [1.807, 2.05) is 0 Å². The van der Waals surface area contributed by atoms with Gasteiger partial charge in [-0.1, -0.05) is 27.7 Å². The van der Waals surface area contributed by atoms with Crippen molar-refractivity contribution in [2.45, 2.75) is 53.0 Å². The molecule has 1 rings (SSSR count). The molecule has 1 unspecified atom stereocenters. The molecule has 1 aromatic heterocycles. The minimum Gasteiger partial charge on any atom is -0.464 e. The van der Waals surface area contributed by atoms with Crippen LogP contribution in [-0.4, -0.2) is 6.54 Å². The minimum atomic E-state index is 0.382. The topological polar surface area (TPSA) is 25.2 Å². The molecule has 0 fully saturated rings. The Kier molecular flexibility index (Phi) is 5.61. The second-order valence-electron chi connectivity index (χ2n) is 4.74. The molecular weight excluding hydrogens is 198 g/mol. The number of hydrogen-bond acceptors (Lipinski definition) is 2. The van der Waals surface area contributed by atoms with Crippen LogP contribution in [0.2, 0.25) is 0 Å². The number of aryl methyl sites for hydroxylation is 1. The fraction of sp³-hybridized carbons (Fsp3) is 0.714. The third kappa shape index (κ3) is 4.01. The summed E-state index contributed by atoms with van der Waals surface area (Å²) in [6.07, 6.45) is 3.37. The maximum Gasteiger partial charge on any atom is 0.121 e. The lowest BCUT2D eigenvalue weighted by atomic mass is 10.0. The lowest BCUT2D eigenvalue weighted by Crippen LogP contribution is -2.20. The number of rotatable bonds is 7. The third-order valence-corrected chi connectivity index (χ3v) is 2.86. The van der Waals surface area contributed by atoms with Gasteiger partial charge in [0.25, 0.3) is 0 Å². The van der Waals surface area contributed by atoms with Crippen LogP contribution in [-0.2, 0) is 6.42 Å². The molecule has 0 radical (unpaired) electrons. The predicted molar refractivity (Wildman–Crippen MR) is 68.6 cm³/mol.